The molecular formula is C22H24BFN2O4S. The second-order valence-corrected chi connectivity index (χ2v) is 11.6. The van der Waals surface area contributed by atoms with Gasteiger partial charge in [0.25, 0.3) is 0 Å². The fourth-order valence-corrected chi connectivity index (χ4v) is 5.63. The number of nitrogens with zero attached hydrogens (tertiary/aromatic N) is 2. The Morgan fingerprint density at radius 3 is 2.42 bits per heavy atom. The van der Waals surface area contributed by atoms with Gasteiger partial charge < -0.3 is 9.31 Å². The van der Waals surface area contributed by atoms with Gasteiger partial charge in [-0.1, -0.05) is 18.2 Å². The molecular weight excluding hydrogens is 418 g/mol. The number of rotatable bonds is 3. The molecule has 9 heteroatoms. The summed E-state index contributed by atoms with van der Waals surface area (Å²) in [6.45, 7) is 9.35. The van der Waals surface area contributed by atoms with Crippen LogP contribution in [0, 0.1) is 17.1 Å². The Morgan fingerprint density at radius 2 is 1.81 bits per heavy atom. The van der Waals surface area contributed by atoms with Gasteiger partial charge in [0.1, 0.15) is 10.6 Å². The first kappa shape index (κ1) is 21.8. The van der Waals surface area contributed by atoms with Crippen molar-refractivity contribution in [1.29, 1.82) is 5.26 Å². The molecule has 2 heterocycles. The van der Waals surface area contributed by atoms with Crippen LogP contribution in [0.3, 0.4) is 0 Å². The van der Waals surface area contributed by atoms with Gasteiger partial charge in [-0.3, -0.25) is 0 Å². The van der Waals surface area contributed by atoms with Crippen molar-refractivity contribution in [3.63, 3.8) is 0 Å². The highest BCUT2D eigenvalue weighted by atomic mass is 32.2. The van der Waals surface area contributed by atoms with E-state index in [1.807, 2.05) is 39.8 Å². The summed E-state index contributed by atoms with van der Waals surface area (Å²) in [4.78, 5) is 0. The van der Waals surface area contributed by atoms with Gasteiger partial charge in [-0.25, -0.2) is 16.8 Å². The van der Waals surface area contributed by atoms with Gasteiger partial charge in [-0.15, -0.1) is 0 Å². The number of allylic oxidation sites excluding steroid dienone is 3. The second kappa shape index (κ2) is 6.79. The molecule has 0 radical (unpaired) electrons. The molecule has 162 valence electrons. The molecule has 6 nitrogen and oxygen atoms in total. The van der Waals surface area contributed by atoms with Crippen LogP contribution in [0.4, 0.5) is 4.39 Å². The van der Waals surface area contributed by atoms with E-state index in [0.29, 0.717) is 10.9 Å². The van der Waals surface area contributed by atoms with Crippen LogP contribution in [0.15, 0.2) is 48.1 Å². The summed E-state index contributed by atoms with van der Waals surface area (Å²) in [6.07, 6.45) is 6.56. The lowest BCUT2D eigenvalue weighted by molar-refractivity contribution is 0.00578. The monoisotopic (exact) mass is 442 g/mol. The minimum Gasteiger partial charge on any atom is -0.400 e. The molecule has 1 fully saturated rings. The molecule has 0 amide bonds. The summed E-state index contributed by atoms with van der Waals surface area (Å²) in [5.74, 6) is -0.757. The van der Waals surface area contributed by atoms with Crippen molar-refractivity contribution >= 4 is 28.0 Å². The minimum absolute atomic E-state index is 0.0691. The van der Waals surface area contributed by atoms with Gasteiger partial charge in [0.2, 0.25) is 10.0 Å². The van der Waals surface area contributed by atoms with Crippen molar-refractivity contribution in [1.82, 2.24) is 3.97 Å². The average molecular weight is 442 g/mol. The molecule has 1 aliphatic heterocycles. The highest BCUT2D eigenvalue weighted by molar-refractivity contribution is 7.91. The van der Waals surface area contributed by atoms with E-state index in [9.17, 15) is 12.8 Å². The van der Waals surface area contributed by atoms with Crippen molar-refractivity contribution in [2.75, 3.05) is 0 Å². The largest absolute Gasteiger partial charge is 0.490 e. The maximum atomic E-state index is 14.7. The van der Waals surface area contributed by atoms with Gasteiger partial charge in [-0.2, -0.15) is 5.26 Å². The molecule has 2 aliphatic rings. The molecule has 0 saturated carbocycles. The van der Waals surface area contributed by atoms with E-state index in [1.165, 1.54) is 18.3 Å². The van der Waals surface area contributed by atoms with Crippen LogP contribution in [-0.2, 0) is 19.3 Å². The quantitative estimate of drug-likeness (QED) is 0.669. The van der Waals surface area contributed by atoms with E-state index < -0.39 is 38.9 Å². The van der Waals surface area contributed by atoms with E-state index in [1.54, 1.807) is 19.1 Å². The van der Waals surface area contributed by atoms with Crippen molar-refractivity contribution in [3.8, 4) is 6.07 Å². The topological polar surface area (TPSA) is 81.3 Å². The summed E-state index contributed by atoms with van der Waals surface area (Å²) >= 11 is 0. The number of hydrogen-bond acceptors (Lipinski definition) is 5. The number of aromatic nitrogens is 1. The van der Waals surface area contributed by atoms with Crippen LogP contribution >= 0.6 is 0 Å². The minimum atomic E-state index is -4.05. The molecule has 1 aliphatic carbocycles. The van der Waals surface area contributed by atoms with Crippen molar-refractivity contribution in [2.45, 2.75) is 57.0 Å². The highest BCUT2D eigenvalue weighted by Crippen LogP contribution is 2.42. The first-order chi connectivity index (χ1) is 14.3. The fourth-order valence-electron chi connectivity index (χ4n) is 3.92. The average Bonchev–Trinajstić information content (AvgIpc) is 3.20. The SMILES string of the molecule is CC1(C)OB(C2=CC=CC(C)(S(=O)(=O)n3ccc4cc(C#N)cc(F)c43)C2)OC1(C)C. The molecule has 1 atom stereocenters. The smallest absolute Gasteiger partial charge is 0.400 e. The zero-order chi connectivity index (χ0) is 22.8. The maximum Gasteiger partial charge on any atom is 0.490 e. The molecule has 2 aromatic rings. The number of halogens is 1. The Balaban J connectivity index is 1.72. The Bertz CT molecular complexity index is 1270. The molecule has 4 rings (SSSR count). The lowest BCUT2D eigenvalue weighted by atomic mass is 9.71. The van der Waals surface area contributed by atoms with Crippen LogP contribution in [0.1, 0.15) is 46.6 Å². The predicted molar refractivity (Wildman–Crippen MR) is 117 cm³/mol. The molecule has 31 heavy (non-hydrogen) atoms. The first-order valence-corrected chi connectivity index (χ1v) is 11.5. The van der Waals surface area contributed by atoms with Gasteiger partial charge in [0, 0.05) is 11.6 Å². The highest BCUT2D eigenvalue weighted by Gasteiger charge is 2.54. The molecule has 1 unspecified atom stereocenters. The number of nitriles is 1. The Kier molecular flexibility index (Phi) is 4.78. The van der Waals surface area contributed by atoms with Crippen LogP contribution in [0.2, 0.25) is 0 Å². The van der Waals surface area contributed by atoms with Crippen LogP contribution in [-0.4, -0.2) is 35.5 Å². The third-order valence-electron chi connectivity index (χ3n) is 6.55. The van der Waals surface area contributed by atoms with Crippen LogP contribution in [0.25, 0.3) is 10.9 Å². The fraction of sp³-hybridized carbons (Fsp3) is 0.409. The molecule has 1 aromatic heterocycles. The zero-order valence-electron chi connectivity index (χ0n) is 18.1. The van der Waals surface area contributed by atoms with Gasteiger partial charge in [-0.05, 0) is 64.7 Å². The Hall–Kier alpha value is -2.41. The Morgan fingerprint density at radius 1 is 1.16 bits per heavy atom. The standard InChI is InChI=1S/C22H24BFN2O4S/c1-20(2)21(3,4)30-23(29-20)17-7-6-9-22(5,13-17)31(27,28)26-10-8-16-11-15(14-25)12-18(24)19(16)26/h6-12H,13H2,1-5H3. The van der Waals surface area contributed by atoms with E-state index >= 15 is 0 Å². The van der Waals surface area contributed by atoms with Crippen LogP contribution < -0.4 is 0 Å². The van der Waals surface area contributed by atoms with Gasteiger partial charge >= 0.3 is 7.12 Å². The summed E-state index contributed by atoms with van der Waals surface area (Å²) in [6, 6.07) is 5.90. The number of benzene rings is 1. The number of hydrogen-bond donors (Lipinski definition) is 0. The molecule has 0 spiro atoms. The lowest BCUT2D eigenvalue weighted by Crippen LogP contribution is -2.41. The van der Waals surface area contributed by atoms with Gasteiger partial charge in [0.15, 0.2) is 0 Å². The number of fused-ring (bicyclic) bond motifs is 1. The van der Waals surface area contributed by atoms with Crippen LogP contribution in [0.5, 0.6) is 0 Å². The normalized spacial score (nSPS) is 24.9. The third kappa shape index (κ3) is 3.25. The summed E-state index contributed by atoms with van der Waals surface area (Å²) in [7, 11) is -4.72. The van der Waals surface area contributed by atoms with E-state index in [2.05, 4.69) is 0 Å². The van der Waals surface area contributed by atoms with Crippen molar-refractivity contribution < 1.29 is 22.1 Å². The van der Waals surface area contributed by atoms with Gasteiger partial charge in [0.05, 0.1) is 28.4 Å². The summed E-state index contributed by atoms with van der Waals surface area (Å²) in [5, 5.41) is 9.41. The first-order valence-electron chi connectivity index (χ1n) is 10.0. The molecule has 1 saturated heterocycles. The molecule has 0 bridgehead atoms. The zero-order valence-corrected chi connectivity index (χ0v) is 19.0. The van der Waals surface area contributed by atoms with Crippen molar-refractivity contribution in [3.05, 3.63) is 59.5 Å². The Labute approximate surface area is 182 Å². The van der Waals surface area contributed by atoms with E-state index in [4.69, 9.17) is 14.6 Å². The molecule has 1 aromatic carbocycles. The van der Waals surface area contributed by atoms with E-state index in [0.717, 1.165) is 10.0 Å². The van der Waals surface area contributed by atoms with Crippen molar-refractivity contribution in [2.24, 2.45) is 0 Å². The summed E-state index contributed by atoms with van der Waals surface area (Å²) < 4.78 is 53.9. The predicted octanol–water partition coefficient (Wildman–Crippen LogP) is 4.11. The second-order valence-electron chi connectivity index (χ2n) is 9.30. The molecule has 0 N–H and O–H groups in total. The van der Waals surface area contributed by atoms with E-state index in [-0.39, 0.29) is 17.5 Å². The lowest BCUT2D eigenvalue weighted by Gasteiger charge is -2.32. The third-order valence-corrected chi connectivity index (χ3v) is 8.83. The summed E-state index contributed by atoms with van der Waals surface area (Å²) in [5.41, 5.74) is -0.327. The maximum absolute atomic E-state index is 14.7.